The van der Waals surface area contributed by atoms with E-state index in [2.05, 4.69) is 20.2 Å². The van der Waals surface area contributed by atoms with E-state index in [1.54, 1.807) is 13.2 Å². The fourth-order valence-corrected chi connectivity index (χ4v) is 5.04. The maximum atomic E-state index is 11.8. The predicted molar refractivity (Wildman–Crippen MR) is 134 cm³/mol. The van der Waals surface area contributed by atoms with E-state index < -0.39 is 10.0 Å². The molecule has 4 rings (SSSR count). The van der Waals surface area contributed by atoms with Crippen molar-refractivity contribution in [2.24, 2.45) is 5.14 Å². The van der Waals surface area contributed by atoms with E-state index in [9.17, 15) is 8.42 Å². The summed E-state index contributed by atoms with van der Waals surface area (Å²) in [6.45, 7) is 5.65. The highest BCUT2D eigenvalue weighted by atomic mass is 32.2. The minimum absolute atomic E-state index is 0.00259. The fourth-order valence-electron chi connectivity index (χ4n) is 3.76. The molecule has 1 fully saturated rings. The van der Waals surface area contributed by atoms with Crippen LogP contribution in [0.3, 0.4) is 0 Å². The van der Waals surface area contributed by atoms with Crippen LogP contribution in [0.25, 0.3) is 11.3 Å². The molecular weight excluding hydrogens is 474 g/mol. The minimum atomic E-state index is -3.85. The van der Waals surface area contributed by atoms with E-state index in [-0.39, 0.29) is 11.0 Å². The topological polar surface area (TPSA) is 120 Å². The van der Waals surface area contributed by atoms with Gasteiger partial charge in [-0.15, -0.1) is 11.3 Å². The van der Waals surface area contributed by atoms with E-state index in [0.29, 0.717) is 22.7 Å². The maximum Gasteiger partial charge on any atom is 0.238 e. The Kier molecular flexibility index (Phi) is 7.36. The molecule has 3 heterocycles. The van der Waals surface area contributed by atoms with Gasteiger partial charge < -0.3 is 19.7 Å². The first-order valence-electron chi connectivity index (χ1n) is 11.0. The maximum absolute atomic E-state index is 11.8. The molecule has 1 aromatic carbocycles. The summed E-state index contributed by atoms with van der Waals surface area (Å²) in [4.78, 5) is 11.6. The van der Waals surface area contributed by atoms with Crippen molar-refractivity contribution in [2.45, 2.75) is 43.8 Å². The number of rotatable bonds is 8. The van der Waals surface area contributed by atoms with Gasteiger partial charge in [-0.3, -0.25) is 0 Å². The molecule has 0 spiro atoms. The van der Waals surface area contributed by atoms with Crippen LogP contribution in [0, 0.1) is 0 Å². The summed E-state index contributed by atoms with van der Waals surface area (Å²) in [5, 5.41) is 11.0. The van der Waals surface area contributed by atoms with Crippen LogP contribution in [0.2, 0.25) is 0 Å². The van der Waals surface area contributed by atoms with Crippen molar-refractivity contribution < 1.29 is 17.9 Å². The molecule has 1 aliphatic heterocycles. The van der Waals surface area contributed by atoms with E-state index >= 15 is 0 Å². The Morgan fingerprint density at radius 3 is 2.59 bits per heavy atom. The van der Waals surface area contributed by atoms with Crippen molar-refractivity contribution >= 4 is 38.0 Å². The molecule has 0 radical (unpaired) electrons. The summed E-state index contributed by atoms with van der Waals surface area (Å²) >= 11 is 1.40. The van der Waals surface area contributed by atoms with Crippen molar-refractivity contribution in [1.29, 1.82) is 0 Å². The van der Waals surface area contributed by atoms with Gasteiger partial charge in [0.15, 0.2) is 5.13 Å². The van der Waals surface area contributed by atoms with Crippen LogP contribution in [-0.2, 0) is 14.8 Å². The van der Waals surface area contributed by atoms with Crippen LogP contribution in [0.15, 0.2) is 46.8 Å². The molecule has 34 heavy (non-hydrogen) atoms. The number of anilines is 3. The highest BCUT2D eigenvalue weighted by molar-refractivity contribution is 7.89. The zero-order valence-electron chi connectivity index (χ0n) is 19.4. The Hall–Kier alpha value is -2.73. The van der Waals surface area contributed by atoms with Gasteiger partial charge in [0.25, 0.3) is 0 Å². The van der Waals surface area contributed by atoms with Crippen LogP contribution in [0.4, 0.5) is 16.6 Å². The fraction of sp³-hybridized carbons (Fsp3) is 0.391. The zero-order valence-corrected chi connectivity index (χ0v) is 21.0. The third-order valence-electron chi connectivity index (χ3n) is 5.53. The SMILES string of the molecule is COC1CCN(c2ccc(-c3csc(Nc4cc(S(N)(=O)=O)ccc4OC(C)C)n3)cn2)CC1. The van der Waals surface area contributed by atoms with Crippen LogP contribution >= 0.6 is 11.3 Å². The quantitative estimate of drug-likeness (QED) is 0.473. The zero-order chi connectivity index (χ0) is 24.3. The van der Waals surface area contributed by atoms with Crippen LogP contribution in [-0.4, -0.2) is 50.8 Å². The molecule has 0 unspecified atom stereocenters. The highest BCUT2D eigenvalue weighted by Crippen LogP contribution is 2.34. The van der Waals surface area contributed by atoms with Gasteiger partial charge in [-0.2, -0.15) is 0 Å². The second kappa shape index (κ2) is 10.3. The van der Waals surface area contributed by atoms with E-state index in [1.807, 2.05) is 37.6 Å². The molecule has 0 bridgehead atoms. The van der Waals surface area contributed by atoms with Gasteiger partial charge in [-0.25, -0.2) is 23.5 Å². The number of nitrogens with two attached hydrogens (primary N) is 1. The Morgan fingerprint density at radius 1 is 1.21 bits per heavy atom. The van der Waals surface area contributed by atoms with E-state index in [1.165, 1.54) is 23.5 Å². The molecule has 0 amide bonds. The summed E-state index contributed by atoms with van der Waals surface area (Å²) in [7, 11) is -2.09. The Morgan fingerprint density at radius 2 is 1.97 bits per heavy atom. The lowest BCUT2D eigenvalue weighted by Gasteiger charge is -2.32. The van der Waals surface area contributed by atoms with Crippen molar-refractivity contribution in [1.82, 2.24) is 9.97 Å². The van der Waals surface area contributed by atoms with Crippen LogP contribution < -0.4 is 20.1 Å². The number of methoxy groups -OCH3 is 1. The number of sulfonamides is 1. The lowest BCUT2D eigenvalue weighted by molar-refractivity contribution is 0.0818. The Balaban J connectivity index is 1.50. The highest BCUT2D eigenvalue weighted by Gasteiger charge is 2.20. The van der Waals surface area contributed by atoms with Gasteiger partial charge in [0.2, 0.25) is 10.0 Å². The largest absolute Gasteiger partial charge is 0.489 e. The molecule has 3 aromatic rings. The minimum Gasteiger partial charge on any atom is -0.489 e. The molecular formula is C23H29N5O4S2. The molecule has 0 aliphatic carbocycles. The van der Waals surface area contributed by atoms with Crippen molar-refractivity contribution in [3.05, 3.63) is 41.9 Å². The molecule has 9 nitrogen and oxygen atoms in total. The summed E-state index contributed by atoms with van der Waals surface area (Å²) in [6, 6.07) is 8.50. The molecule has 1 aliphatic rings. The van der Waals surface area contributed by atoms with E-state index in [4.69, 9.17) is 14.6 Å². The number of hydrogen-bond acceptors (Lipinski definition) is 9. The average molecular weight is 504 g/mol. The van der Waals surface area contributed by atoms with Gasteiger partial charge >= 0.3 is 0 Å². The molecule has 11 heteroatoms. The monoisotopic (exact) mass is 503 g/mol. The van der Waals surface area contributed by atoms with Crippen molar-refractivity contribution in [3.63, 3.8) is 0 Å². The Labute approximate surface area is 204 Å². The molecule has 0 saturated carbocycles. The number of primary sulfonamides is 1. The normalized spacial score (nSPS) is 15.0. The number of pyridine rings is 1. The van der Waals surface area contributed by atoms with Gasteiger partial charge in [-0.1, -0.05) is 0 Å². The lowest BCUT2D eigenvalue weighted by Crippen LogP contribution is -2.37. The van der Waals surface area contributed by atoms with Gasteiger partial charge in [-0.05, 0) is 57.0 Å². The summed E-state index contributed by atoms with van der Waals surface area (Å²) in [5.74, 6) is 1.46. The number of aromatic nitrogens is 2. The smallest absolute Gasteiger partial charge is 0.238 e. The number of hydrogen-bond donors (Lipinski definition) is 2. The number of ether oxygens (including phenoxy) is 2. The van der Waals surface area contributed by atoms with Crippen molar-refractivity contribution in [3.8, 4) is 17.0 Å². The predicted octanol–water partition coefficient (Wildman–Crippen LogP) is 4.00. The third kappa shape index (κ3) is 5.84. The molecule has 2 aromatic heterocycles. The summed E-state index contributed by atoms with van der Waals surface area (Å²) < 4.78 is 34.9. The second-order valence-corrected chi connectivity index (χ2v) is 10.8. The first kappa shape index (κ1) is 24.4. The summed E-state index contributed by atoms with van der Waals surface area (Å²) in [5.41, 5.74) is 2.16. The van der Waals surface area contributed by atoms with Crippen LogP contribution in [0.5, 0.6) is 5.75 Å². The second-order valence-electron chi connectivity index (χ2n) is 8.36. The van der Waals surface area contributed by atoms with Crippen molar-refractivity contribution in [2.75, 3.05) is 30.4 Å². The number of nitrogens with zero attached hydrogens (tertiary/aromatic N) is 3. The number of benzene rings is 1. The standard InChI is InChI=1S/C23H29N5O4S2/c1-15(2)32-21-6-5-18(34(24,29)30)12-19(21)26-23-27-20(14-33-23)16-4-7-22(25-13-16)28-10-8-17(31-3)9-11-28/h4-7,12-15,17H,8-11H2,1-3H3,(H,26,27)(H2,24,29,30). The average Bonchev–Trinajstić information content (AvgIpc) is 3.28. The first-order valence-corrected chi connectivity index (χ1v) is 13.5. The number of piperidine rings is 1. The summed E-state index contributed by atoms with van der Waals surface area (Å²) in [6.07, 6.45) is 4.06. The van der Waals surface area contributed by atoms with E-state index in [0.717, 1.165) is 43.0 Å². The molecule has 3 N–H and O–H groups in total. The van der Waals surface area contributed by atoms with Gasteiger partial charge in [0.05, 0.1) is 28.5 Å². The first-order chi connectivity index (χ1) is 16.2. The number of thiazole rings is 1. The molecule has 1 saturated heterocycles. The number of nitrogens with one attached hydrogen (secondary N) is 1. The Bertz CT molecular complexity index is 1220. The van der Waals surface area contributed by atoms with Crippen LogP contribution in [0.1, 0.15) is 26.7 Å². The van der Waals surface area contributed by atoms with Gasteiger partial charge in [0, 0.05) is 37.3 Å². The molecule has 0 atom stereocenters. The van der Waals surface area contributed by atoms with Gasteiger partial charge in [0.1, 0.15) is 11.6 Å². The molecule has 182 valence electrons. The third-order valence-corrected chi connectivity index (χ3v) is 7.20. The lowest BCUT2D eigenvalue weighted by atomic mass is 10.1.